The van der Waals surface area contributed by atoms with Gasteiger partial charge in [0.1, 0.15) is 6.17 Å². The average molecular weight is 483 g/mol. The Hall–Kier alpha value is -1.73. The van der Waals surface area contributed by atoms with Gasteiger partial charge >= 0.3 is 11.9 Å². The van der Waals surface area contributed by atoms with E-state index in [1.807, 2.05) is 13.8 Å². The number of aliphatic hydroxyl groups excluding tert-OH is 1. The molecule has 33 heavy (non-hydrogen) atoms. The molecule has 4 aliphatic rings. The lowest BCUT2D eigenvalue weighted by atomic mass is 9.45. The third-order valence-corrected chi connectivity index (χ3v) is 10.1. The molecular formula is C25H32ClFO6. The van der Waals surface area contributed by atoms with Crippen LogP contribution < -0.4 is 0 Å². The zero-order valence-corrected chi connectivity index (χ0v) is 20.4. The quantitative estimate of drug-likeness (QED) is 0.487. The summed E-state index contributed by atoms with van der Waals surface area (Å²) in [4.78, 5) is 36.5. The third-order valence-electron chi connectivity index (χ3n) is 9.22. The monoisotopic (exact) mass is 482 g/mol. The van der Waals surface area contributed by atoms with Crippen molar-refractivity contribution in [1.29, 1.82) is 0 Å². The van der Waals surface area contributed by atoms with Gasteiger partial charge in [-0.25, -0.2) is 9.18 Å². The molecule has 9 atom stereocenters. The predicted octanol–water partition coefficient (Wildman–Crippen LogP) is 3.69. The number of esters is 2. The van der Waals surface area contributed by atoms with Crippen LogP contribution in [0, 0.1) is 28.6 Å². The number of hydrogen-bond acceptors (Lipinski definition) is 6. The first-order valence-electron chi connectivity index (χ1n) is 11.6. The summed E-state index contributed by atoms with van der Waals surface area (Å²) in [5.41, 5.74) is -3.42. The van der Waals surface area contributed by atoms with Crippen LogP contribution in [-0.2, 0) is 23.9 Å². The Morgan fingerprint density at radius 2 is 1.94 bits per heavy atom. The minimum atomic E-state index is -1.61. The van der Waals surface area contributed by atoms with Crippen molar-refractivity contribution >= 4 is 29.3 Å². The van der Waals surface area contributed by atoms with Gasteiger partial charge in [0.2, 0.25) is 5.60 Å². The zero-order valence-electron chi connectivity index (χ0n) is 19.7. The lowest BCUT2D eigenvalue weighted by Gasteiger charge is -2.64. The van der Waals surface area contributed by atoms with Crippen molar-refractivity contribution in [2.45, 2.75) is 76.1 Å². The Labute approximate surface area is 198 Å². The molecule has 0 amide bonds. The topological polar surface area (TPSA) is 89.9 Å². The minimum Gasteiger partial charge on any atom is -0.466 e. The first-order chi connectivity index (χ1) is 15.3. The maximum atomic E-state index is 15.6. The van der Waals surface area contributed by atoms with E-state index >= 15 is 4.39 Å². The van der Waals surface area contributed by atoms with Gasteiger partial charge in [-0.2, -0.15) is 0 Å². The van der Waals surface area contributed by atoms with E-state index in [1.54, 1.807) is 19.9 Å². The SMILES string of the molecule is CCC(=O)O[C@]1(C(=O)OC)[C@H](C)C[C@H]2[C@@H]3C[C@H](F)C4=CC(=O)C=C[C@]4(C)[C@@]3(Cl)C(O)C[C@@]21C. The largest absolute Gasteiger partial charge is 0.466 e. The number of methoxy groups -OCH3 is 1. The van der Waals surface area contributed by atoms with Gasteiger partial charge in [0.05, 0.1) is 18.1 Å². The Bertz CT molecular complexity index is 963. The molecule has 0 aromatic carbocycles. The second-order valence-corrected chi connectivity index (χ2v) is 11.2. The van der Waals surface area contributed by atoms with Crippen molar-refractivity contribution < 1.29 is 33.4 Å². The van der Waals surface area contributed by atoms with E-state index in [4.69, 9.17) is 21.1 Å². The molecule has 182 valence electrons. The number of carbonyl (C=O) groups excluding carboxylic acids is 3. The molecule has 0 saturated heterocycles. The van der Waals surface area contributed by atoms with Gasteiger partial charge in [-0.05, 0) is 48.8 Å². The summed E-state index contributed by atoms with van der Waals surface area (Å²) in [6.45, 7) is 7.06. The molecule has 8 heteroatoms. The smallest absolute Gasteiger partial charge is 0.351 e. The Morgan fingerprint density at radius 3 is 2.55 bits per heavy atom. The Morgan fingerprint density at radius 1 is 1.27 bits per heavy atom. The highest BCUT2D eigenvalue weighted by Gasteiger charge is 2.77. The van der Waals surface area contributed by atoms with Gasteiger partial charge in [-0.3, -0.25) is 9.59 Å². The molecule has 1 unspecified atom stereocenters. The highest BCUT2D eigenvalue weighted by atomic mass is 35.5. The maximum absolute atomic E-state index is 15.6. The second kappa shape index (κ2) is 7.64. The van der Waals surface area contributed by atoms with Crippen LogP contribution in [0.4, 0.5) is 4.39 Å². The van der Waals surface area contributed by atoms with Crippen LogP contribution in [0.2, 0.25) is 0 Å². The molecule has 6 nitrogen and oxygen atoms in total. The molecule has 0 aromatic rings. The van der Waals surface area contributed by atoms with Crippen molar-refractivity contribution in [2.75, 3.05) is 7.11 Å². The van der Waals surface area contributed by atoms with Crippen LogP contribution in [-0.4, -0.2) is 52.7 Å². The molecule has 0 radical (unpaired) electrons. The van der Waals surface area contributed by atoms with E-state index in [0.717, 1.165) is 0 Å². The van der Waals surface area contributed by atoms with Crippen molar-refractivity contribution in [3.63, 3.8) is 0 Å². The molecule has 3 fully saturated rings. The zero-order chi connectivity index (χ0) is 24.6. The molecule has 0 aromatic heterocycles. The predicted molar refractivity (Wildman–Crippen MR) is 119 cm³/mol. The first-order valence-corrected chi connectivity index (χ1v) is 12.0. The number of aliphatic hydroxyl groups is 1. The number of hydrogen-bond donors (Lipinski definition) is 1. The fourth-order valence-electron chi connectivity index (χ4n) is 7.62. The maximum Gasteiger partial charge on any atom is 0.351 e. The average Bonchev–Trinajstić information content (AvgIpc) is 2.98. The molecule has 0 spiro atoms. The van der Waals surface area contributed by atoms with Crippen LogP contribution >= 0.6 is 11.6 Å². The molecule has 1 N–H and O–H groups in total. The molecule has 3 saturated carbocycles. The van der Waals surface area contributed by atoms with Crippen LogP contribution in [0.5, 0.6) is 0 Å². The Balaban J connectivity index is 1.88. The summed E-state index contributed by atoms with van der Waals surface area (Å²) in [6.07, 6.45) is 2.33. The third kappa shape index (κ3) is 2.84. The van der Waals surface area contributed by atoms with Gasteiger partial charge in [-0.15, -0.1) is 11.6 Å². The van der Waals surface area contributed by atoms with E-state index in [2.05, 4.69) is 0 Å². The summed E-state index contributed by atoms with van der Waals surface area (Å²) in [6, 6.07) is 0. The van der Waals surface area contributed by atoms with Crippen molar-refractivity contribution in [3.8, 4) is 0 Å². The number of carbonyl (C=O) groups is 3. The van der Waals surface area contributed by atoms with E-state index in [9.17, 15) is 19.5 Å². The minimum absolute atomic E-state index is 0.00898. The fourth-order valence-corrected chi connectivity index (χ4v) is 8.11. The van der Waals surface area contributed by atoms with Gasteiger partial charge in [0.25, 0.3) is 0 Å². The fraction of sp³-hybridized carbons (Fsp3) is 0.720. The van der Waals surface area contributed by atoms with Crippen LogP contribution in [0.15, 0.2) is 23.8 Å². The summed E-state index contributed by atoms with van der Waals surface area (Å²) in [5.74, 6) is -2.78. The van der Waals surface area contributed by atoms with Gasteiger partial charge in [0.15, 0.2) is 5.78 Å². The lowest BCUT2D eigenvalue weighted by Crippen LogP contribution is -2.70. The van der Waals surface area contributed by atoms with E-state index in [0.29, 0.717) is 6.42 Å². The molecular weight excluding hydrogens is 451 g/mol. The molecule has 4 aliphatic carbocycles. The molecule has 0 heterocycles. The summed E-state index contributed by atoms with van der Waals surface area (Å²) >= 11 is 7.33. The van der Waals surface area contributed by atoms with E-state index < -0.39 is 57.4 Å². The number of rotatable bonds is 3. The highest BCUT2D eigenvalue weighted by molar-refractivity contribution is 6.26. The Kier molecular flexibility index (Phi) is 5.65. The number of fused-ring (bicyclic) bond motifs is 5. The van der Waals surface area contributed by atoms with Gasteiger partial charge < -0.3 is 14.6 Å². The van der Waals surface area contributed by atoms with Gasteiger partial charge in [-0.1, -0.05) is 33.8 Å². The molecule has 4 rings (SSSR count). The highest BCUT2D eigenvalue weighted by Crippen LogP contribution is 2.72. The number of ether oxygens (including phenoxy) is 2. The van der Waals surface area contributed by atoms with E-state index in [-0.39, 0.29) is 36.5 Å². The van der Waals surface area contributed by atoms with E-state index in [1.165, 1.54) is 19.3 Å². The summed E-state index contributed by atoms with van der Waals surface area (Å²) in [7, 11) is 1.25. The van der Waals surface area contributed by atoms with Crippen LogP contribution in [0.1, 0.15) is 53.4 Å². The standard InChI is InChI=1S/C25H32ClFO6/c1-6-20(30)33-25(21(31)32-5)13(2)9-15-16-11-18(27)17-10-14(28)7-8-22(17,3)24(16,26)19(29)12-23(15,25)4/h7-8,10,13,15-16,18-19,29H,6,9,11-12H2,1-5H3/t13-,15+,16+,18+,19?,22+,23+,24+,25+/m1/s1. The molecule has 0 bridgehead atoms. The summed E-state index contributed by atoms with van der Waals surface area (Å²) < 4.78 is 26.6. The van der Waals surface area contributed by atoms with Crippen molar-refractivity contribution in [3.05, 3.63) is 23.8 Å². The van der Waals surface area contributed by atoms with Crippen LogP contribution in [0.3, 0.4) is 0 Å². The number of allylic oxidation sites excluding steroid dienone is 4. The van der Waals surface area contributed by atoms with Crippen molar-refractivity contribution in [2.24, 2.45) is 28.6 Å². The lowest BCUT2D eigenvalue weighted by molar-refractivity contribution is -0.215. The second-order valence-electron chi connectivity index (χ2n) is 10.6. The number of alkyl halides is 2. The number of ketones is 1. The van der Waals surface area contributed by atoms with Crippen LogP contribution in [0.25, 0.3) is 0 Å². The normalized spacial score (nSPS) is 48.3. The first kappa shape index (κ1) is 24.4. The van der Waals surface area contributed by atoms with Crippen molar-refractivity contribution in [1.82, 2.24) is 0 Å². The number of halogens is 2. The summed E-state index contributed by atoms with van der Waals surface area (Å²) in [5, 5.41) is 11.6. The van der Waals surface area contributed by atoms with Gasteiger partial charge in [0, 0.05) is 23.2 Å². The molecule has 0 aliphatic heterocycles.